The molecule has 25 heavy (non-hydrogen) atoms. The standard InChI is InChI=1S/C18H15N5O2/c19-8-13-3-1-2-12(4-13)5-16-17(24)6-15(7-18(16)25)23-11-21-10-14(9-20)22-23/h1-4,6,16,21H,5,7,10-11H2. The summed E-state index contributed by atoms with van der Waals surface area (Å²) in [4.78, 5) is 24.9. The van der Waals surface area contributed by atoms with Gasteiger partial charge in [0, 0.05) is 18.2 Å². The first kappa shape index (κ1) is 16.6. The van der Waals surface area contributed by atoms with E-state index in [2.05, 4.69) is 16.5 Å². The topological polar surface area (TPSA) is 109 Å². The van der Waals surface area contributed by atoms with Crippen molar-refractivity contribution in [3.8, 4) is 12.1 Å². The molecule has 1 atom stereocenters. The fraction of sp³-hybridized carbons (Fsp3) is 0.278. The molecule has 124 valence electrons. The van der Waals surface area contributed by atoms with Gasteiger partial charge in [0.1, 0.15) is 11.9 Å². The molecule has 7 nitrogen and oxygen atoms in total. The third-order valence-corrected chi connectivity index (χ3v) is 4.15. The molecule has 1 unspecified atom stereocenters. The summed E-state index contributed by atoms with van der Waals surface area (Å²) in [5.74, 6) is -1.19. The Hall–Kier alpha value is -3.29. The molecule has 1 heterocycles. The van der Waals surface area contributed by atoms with Crippen molar-refractivity contribution in [1.82, 2.24) is 10.3 Å². The molecule has 0 radical (unpaired) electrons. The van der Waals surface area contributed by atoms with Gasteiger partial charge in [-0.1, -0.05) is 12.1 Å². The number of benzene rings is 1. The van der Waals surface area contributed by atoms with Gasteiger partial charge in [0.05, 0.1) is 30.8 Å². The molecule has 3 rings (SSSR count). The highest BCUT2D eigenvalue weighted by Gasteiger charge is 2.32. The van der Waals surface area contributed by atoms with Crippen LogP contribution in [0.3, 0.4) is 0 Å². The number of nitriles is 2. The van der Waals surface area contributed by atoms with Crippen molar-refractivity contribution < 1.29 is 9.59 Å². The number of nitrogens with one attached hydrogen (secondary N) is 1. The zero-order valence-corrected chi connectivity index (χ0v) is 13.4. The summed E-state index contributed by atoms with van der Waals surface area (Å²) >= 11 is 0. The van der Waals surface area contributed by atoms with Gasteiger partial charge in [0.2, 0.25) is 0 Å². The first-order valence-electron chi connectivity index (χ1n) is 7.82. The van der Waals surface area contributed by atoms with Gasteiger partial charge in [-0.05, 0) is 24.1 Å². The largest absolute Gasteiger partial charge is 0.298 e. The Morgan fingerprint density at radius 3 is 2.84 bits per heavy atom. The lowest BCUT2D eigenvalue weighted by atomic mass is 9.84. The number of hydrogen-bond donors (Lipinski definition) is 1. The van der Waals surface area contributed by atoms with Crippen LogP contribution in [0.5, 0.6) is 0 Å². The molecule has 0 saturated heterocycles. The summed E-state index contributed by atoms with van der Waals surface area (Å²) in [6.07, 6.45) is 1.81. The number of carbonyl (C=O) groups is 2. The summed E-state index contributed by atoms with van der Waals surface area (Å²) in [6.45, 7) is 0.729. The lowest BCUT2D eigenvalue weighted by molar-refractivity contribution is -0.131. The molecule has 7 heteroatoms. The van der Waals surface area contributed by atoms with Gasteiger partial charge in [-0.25, -0.2) is 0 Å². The van der Waals surface area contributed by atoms with Crippen LogP contribution in [0, 0.1) is 28.6 Å². The highest BCUT2D eigenvalue weighted by molar-refractivity contribution is 6.11. The third kappa shape index (κ3) is 3.63. The van der Waals surface area contributed by atoms with E-state index in [1.807, 2.05) is 6.07 Å². The van der Waals surface area contributed by atoms with E-state index >= 15 is 0 Å². The van der Waals surface area contributed by atoms with Crippen LogP contribution in [0.25, 0.3) is 0 Å². The highest BCUT2D eigenvalue weighted by atomic mass is 16.2. The number of hydrazone groups is 1. The van der Waals surface area contributed by atoms with E-state index in [0.717, 1.165) is 5.56 Å². The van der Waals surface area contributed by atoms with E-state index in [-0.39, 0.29) is 24.4 Å². The van der Waals surface area contributed by atoms with Crippen molar-refractivity contribution in [2.24, 2.45) is 11.0 Å². The highest BCUT2D eigenvalue weighted by Crippen LogP contribution is 2.24. The molecule has 0 bridgehead atoms. The molecule has 0 fully saturated rings. The fourth-order valence-electron chi connectivity index (χ4n) is 2.88. The summed E-state index contributed by atoms with van der Waals surface area (Å²) in [6, 6.07) is 10.9. The van der Waals surface area contributed by atoms with Crippen molar-refractivity contribution in [1.29, 1.82) is 10.5 Å². The normalized spacial score (nSPS) is 20.4. The van der Waals surface area contributed by atoms with Gasteiger partial charge < -0.3 is 0 Å². The maximum absolute atomic E-state index is 12.5. The van der Waals surface area contributed by atoms with Gasteiger partial charge in [-0.15, -0.1) is 0 Å². The maximum Gasteiger partial charge on any atom is 0.168 e. The number of rotatable bonds is 3. The van der Waals surface area contributed by atoms with Crippen molar-refractivity contribution in [2.45, 2.75) is 12.8 Å². The van der Waals surface area contributed by atoms with Crippen molar-refractivity contribution >= 4 is 17.3 Å². The van der Waals surface area contributed by atoms with E-state index < -0.39 is 5.92 Å². The van der Waals surface area contributed by atoms with Crippen LogP contribution in [0.15, 0.2) is 41.1 Å². The zero-order valence-electron chi connectivity index (χ0n) is 13.4. The number of Topliss-reactive ketones (excluding diaryl/α,β-unsaturated/α-hetero) is 1. The summed E-state index contributed by atoms with van der Waals surface area (Å²) in [7, 11) is 0. The summed E-state index contributed by atoms with van der Waals surface area (Å²) in [5, 5.41) is 26.5. The molecular formula is C18H15N5O2. The van der Waals surface area contributed by atoms with Gasteiger partial charge in [0.25, 0.3) is 0 Å². The number of carbonyl (C=O) groups excluding carboxylic acids is 2. The molecule has 1 aliphatic carbocycles. The van der Waals surface area contributed by atoms with E-state index in [1.54, 1.807) is 24.3 Å². The first-order chi connectivity index (χ1) is 12.1. The van der Waals surface area contributed by atoms with Crippen LogP contribution in [0.2, 0.25) is 0 Å². The fourth-order valence-corrected chi connectivity index (χ4v) is 2.88. The summed E-state index contributed by atoms with van der Waals surface area (Å²) < 4.78 is 0. The number of nitrogens with zero attached hydrogens (tertiary/aromatic N) is 4. The van der Waals surface area contributed by atoms with Gasteiger partial charge in [0.15, 0.2) is 11.5 Å². The minimum Gasteiger partial charge on any atom is -0.298 e. The van der Waals surface area contributed by atoms with Crippen molar-refractivity contribution in [3.63, 3.8) is 0 Å². The Balaban J connectivity index is 1.79. The van der Waals surface area contributed by atoms with Gasteiger partial charge in [-0.3, -0.25) is 19.9 Å². The van der Waals surface area contributed by atoms with E-state index in [1.165, 1.54) is 11.1 Å². The quantitative estimate of drug-likeness (QED) is 0.823. The Morgan fingerprint density at radius 2 is 2.12 bits per heavy atom. The Kier molecular flexibility index (Phi) is 4.69. The average Bonchev–Trinajstić information content (AvgIpc) is 2.64. The van der Waals surface area contributed by atoms with Crippen LogP contribution in [-0.2, 0) is 16.0 Å². The van der Waals surface area contributed by atoms with Gasteiger partial charge in [-0.2, -0.15) is 15.6 Å². The average molecular weight is 333 g/mol. The second kappa shape index (κ2) is 7.08. The molecule has 0 aromatic heterocycles. The number of allylic oxidation sites excluding steroid dienone is 2. The van der Waals surface area contributed by atoms with Crippen LogP contribution >= 0.6 is 0 Å². The zero-order chi connectivity index (χ0) is 17.8. The SMILES string of the molecule is N#CC1=NN(C2=CC(=O)C(Cc3cccc(C#N)c3)C(=O)C2)CNC1. The minimum atomic E-state index is -0.741. The summed E-state index contributed by atoms with van der Waals surface area (Å²) in [5.41, 5.74) is 2.09. The van der Waals surface area contributed by atoms with Crippen LogP contribution in [0.4, 0.5) is 0 Å². The molecule has 1 aromatic carbocycles. The van der Waals surface area contributed by atoms with E-state index in [0.29, 0.717) is 30.2 Å². The Bertz CT molecular complexity index is 872. The minimum absolute atomic E-state index is 0.0955. The lowest BCUT2D eigenvalue weighted by Crippen LogP contribution is -2.42. The van der Waals surface area contributed by atoms with Crippen molar-refractivity contribution in [3.05, 3.63) is 47.2 Å². The molecule has 1 aliphatic heterocycles. The molecule has 1 aromatic rings. The van der Waals surface area contributed by atoms with Crippen LogP contribution < -0.4 is 5.32 Å². The van der Waals surface area contributed by atoms with Crippen molar-refractivity contribution in [2.75, 3.05) is 13.2 Å². The maximum atomic E-state index is 12.5. The Morgan fingerprint density at radius 1 is 1.28 bits per heavy atom. The molecule has 2 aliphatic rings. The monoisotopic (exact) mass is 333 g/mol. The smallest absolute Gasteiger partial charge is 0.168 e. The van der Waals surface area contributed by atoms with Crippen LogP contribution in [0.1, 0.15) is 17.5 Å². The molecular weight excluding hydrogens is 318 g/mol. The predicted octanol–water partition coefficient (Wildman–Crippen LogP) is 0.885. The third-order valence-electron chi connectivity index (χ3n) is 4.15. The van der Waals surface area contributed by atoms with Gasteiger partial charge >= 0.3 is 0 Å². The lowest BCUT2D eigenvalue weighted by Gasteiger charge is -2.29. The molecule has 0 spiro atoms. The molecule has 0 saturated carbocycles. The van der Waals surface area contributed by atoms with E-state index in [9.17, 15) is 9.59 Å². The predicted molar refractivity (Wildman–Crippen MR) is 88.8 cm³/mol. The van der Waals surface area contributed by atoms with E-state index in [4.69, 9.17) is 10.5 Å². The Labute approximate surface area is 144 Å². The first-order valence-corrected chi connectivity index (χ1v) is 7.82. The van der Waals surface area contributed by atoms with Crippen LogP contribution in [-0.4, -0.2) is 35.5 Å². The molecule has 1 N–H and O–H groups in total. The second-order valence-electron chi connectivity index (χ2n) is 5.89. The number of ketones is 2. The number of hydrogen-bond acceptors (Lipinski definition) is 7. The molecule has 0 amide bonds. The second-order valence-corrected chi connectivity index (χ2v) is 5.89.